The van der Waals surface area contributed by atoms with Gasteiger partial charge in [-0.05, 0) is 30.3 Å². The Labute approximate surface area is 166 Å². The molecule has 156 valence electrons. The average molecular weight is 425 g/mol. The van der Waals surface area contributed by atoms with Gasteiger partial charge >= 0.3 is 11.7 Å². The van der Waals surface area contributed by atoms with Gasteiger partial charge in [-0.2, -0.15) is 0 Å². The van der Waals surface area contributed by atoms with Crippen molar-refractivity contribution in [2.24, 2.45) is 0 Å². The highest BCUT2D eigenvalue weighted by Crippen LogP contribution is 2.18. The number of hydrogen-bond donors (Lipinski definition) is 1. The van der Waals surface area contributed by atoms with Gasteiger partial charge in [-0.25, -0.2) is 21.6 Å². The van der Waals surface area contributed by atoms with Gasteiger partial charge in [0, 0.05) is 44.5 Å². The third kappa shape index (κ3) is 4.25. The highest BCUT2D eigenvalue weighted by molar-refractivity contribution is 7.90. The lowest BCUT2D eigenvalue weighted by Gasteiger charge is -2.33. The first-order valence-electron chi connectivity index (χ1n) is 8.74. The molecule has 2 aromatic rings. The van der Waals surface area contributed by atoms with E-state index in [2.05, 4.69) is 4.74 Å². The number of aromatic hydroxyl groups is 1. The highest BCUT2D eigenvalue weighted by Gasteiger charge is 2.24. The number of carbonyl (C=O) groups excluding carboxylic acids is 1. The van der Waals surface area contributed by atoms with Crippen LogP contribution in [0.1, 0.15) is 5.56 Å². The van der Waals surface area contributed by atoms with E-state index < -0.39 is 33.2 Å². The Hall–Kier alpha value is -2.92. The van der Waals surface area contributed by atoms with Gasteiger partial charge in [0.1, 0.15) is 5.82 Å². The minimum atomic E-state index is -4.27. The van der Waals surface area contributed by atoms with Crippen molar-refractivity contribution < 1.29 is 27.4 Å². The molecule has 3 rings (SSSR count). The molecule has 9 nitrogen and oxygen atoms in total. The van der Waals surface area contributed by atoms with Crippen molar-refractivity contribution in [3.63, 3.8) is 0 Å². The molecule has 0 aliphatic carbocycles. The number of nitrogens with zero attached hydrogens (tertiary/aromatic N) is 3. The fraction of sp³-hybridized carbons (Fsp3) is 0.333. The Morgan fingerprint density at radius 2 is 1.76 bits per heavy atom. The zero-order valence-electron chi connectivity index (χ0n) is 15.6. The number of rotatable bonds is 4. The summed E-state index contributed by atoms with van der Waals surface area (Å²) in [6.07, 6.45) is 0.655. The Kier molecular flexibility index (Phi) is 5.89. The zero-order valence-corrected chi connectivity index (χ0v) is 16.4. The van der Waals surface area contributed by atoms with E-state index in [4.69, 9.17) is 0 Å². The maximum atomic E-state index is 13.0. The van der Waals surface area contributed by atoms with Gasteiger partial charge in [0.15, 0.2) is 5.75 Å². The highest BCUT2D eigenvalue weighted by atomic mass is 32.2. The lowest BCUT2D eigenvalue weighted by Crippen LogP contribution is -2.48. The molecule has 1 aromatic heterocycles. The molecule has 1 N–H and O–H groups in total. The normalized spacial score (nSPS) is 15.3. The summed E-state index contributed by atoms with van der Waals surface area (Å²) in [5.74, 6) is -1.28. The van der Waals surface area contributed by atoms with E-state index in [-0.39, 0.29) is 17.0 Å². The number of benzene rings is 1. The fourth-order valence-corrected chi connectivity index (χ4v) is 4.27. The number of ether oxygens (including phenoxy) is 1. The van der Waals surface area contributed by atoms with Crippen LogP contribution in [0.3, 0.4) is 0 Å². The molecule has 1 aliphatic heterocycles. The molecular formula is C18H20FN3O6S. The molecule has 1 aliphatic rings. The lowest BCUT2D eigenvalue weighted by atomic mass is 10.2. The third-order valence-corrected chi connectivity index (χ3v) is 6.36. The summed E-state index contributed by atoms with van der Waals surface area (Å²) in [4.78, 5) is 27.2. The minimum absolute atomic E-state index is 0.216. The van der Waals surface area contributed by atoms with Crippen LogP contribution in [-0.4, -0.2) is 66.7 Å². The van der Waals surface area contributed by atoms with Gasteiger partial charge < -0.3 is 14.7 Å². The van der Waals surface area contributed by atoms with Gasteiger partial charge in [0.05, 0.1) is 12.0 Å². The van der Waals surface area contributed by atoms with Crippen LogP contribution in [0.4, 0.5) is 9.18 Å². The number of halogens is 1. The molecule has 0 radical (unpaired) electrons. The molecule has 0 bridgehead atoms. The number of pyridine rings is 1. The Morgan fingerprint density at radius 1 is 1.14 bits per heavy atom. The predicted molar refractivity (Wildman–Crippen MR) is 101 cm³/mol. The molecule has 2 heterocycles. The molecule has 29 heavy (non-hydrogen) atoms. The number of piperazine rings is 1. The minimum Gasteiger partial charge on any atom is -0.503 e. The topological polar surface area (TPSA) is 109 Å². The van der Waals surface area contributed by atoms with Crippen molar-refractivity contribution in [2.45, 2.75) is 11.4 Å². The summed E-state index contributed by atoms with van der Waals surface area (Å²) in [5, 5.41) is 10.3. The van der Waals surface area contributed by atoms with Crippen molar-refractivity contribution in [1.82, 2.24) is 13.8 Å². The van der Waals surface area contributed by atoms with Crippen LogP contribution in [0.25, 0.3) is 0 Å². The second-order valence-electron chi connectivity index (χ2n) is 6.48. The van der Waals surface area contributed by atoms with Crippen LogP contribution in [-0.2, 0) is 21.3 Å². The summed E-state index contributed by atoms with van der Waals surface area (Å²) in [5.41, 5.74) is -0.813. The Balaban J connectivity index is 1.79. The molecule has 0 atom stereocenters. The summed E-state index contributed by atoms with van der Waals surface area (Å²) in [7, 11) is -2.97. The molecule has 0 spiro atoms. The quantitative estimate of drug-likeness (QED) is 0.772. The number of hydrogen-bond acceptors (Lipinski definition) is 7. The van der Waals surface area contributed by atoms with Crippen LogP contribution in [0.15, 0.2) is 46.2 Å². The van der Waals surface area contributed by atoms with E-state index in [0.717, 1.165) is 30.5 Å². The van der Waals surface area contributed by atoms with Gasteiger partial charge in [-0.15, -0.1) is 0 Å². The van der Waals surface area contributed by atoms with Crippen molar-refractivity contribution in [1.29, 1.82) is 0 Å². The van der Waals surface area contributed by atoms with Crippen molar-refractivity contribution >= 4 is 16.1 Å². The van der Waals surface area contributed by atoms with Crippen molar-refractivity contribution in [3.8, 4) is 5.75 Å². The summed E-state index contributed by atoms with van der Waals surface area (Å²) >= 11 is 0. The first-order valence-corrected chi connectivity index (χ1v) is 10.2. The maximum Gasteiger partial charge on any atom is 0.409 e. The van der Waals surface area contributed by atoms with Crippen molar-refractivity contribution in [2.75, 3.05) is 33.3 Å². The van der Waals surface area contributed by atoms with Gasteiger partial charge in [0.2, 0.25) is 0 Å². The smallest absolute Gasteiger partial charge is 0.409 e. The largest absolute Gasteiger partial charge is 0.503 e. The Morgan fingerprint density at radius 3 is 2.34 bits per heavy atom. The van der Waals surface area contributed by atoms with Crippen LogP contribution >= 0.6 is 0 Å². The van der Waals surface area contributed by atoms with Crippen LogP contribution in [0.5, 0.6) is 5.75 Å². The van der Waals surface area contributed by atoms with Gasteiger partial charge in [0.25, 0.3) is 10.0 Å². The zero-order chi connectivity index (χ0) is 21.2. The summed E-state index contributed by atoms with van der Waals surface area (Å²) < 4.78 is 43.4. The maximum absolute atomic E-state index is 13.0. The Bertz CT molecular complexity index is 1060. The van der Waals surface area contributed by atoms with E-state index in [1.54, 1.807) is 4.90 Å². The lowest BCUT2D eigenvalue weighted by molar-refractivity contribution is 0.0886. The van der Waals surface area contributed by atoms with E-state index in [1.807, 2.05) is 4.90 Å². The summed E-state index contributed by atoms with van der Waals surface area (Å²) in [6.45, 7) is 2.09. The number of carbonyl (C=O) groups is 1. The van der Waals surface area contributed by atoms with E-state index in [9.17, 15) is 27.5 Å². The average Bonchev–Trinajstić information content (AvgIpc) is 2.71. The predicted octanol–water partition coefficient (Wildman–Crippen LogP) is 0.814. The third-order valence-electron chi connectivity index (χ3n) is 4.69. The molecule has 1 aromatic carbocycles. The molecule has 0 unspecified atom stereocenters. The molecule has 0 saturated carbocycles. The second kappa shape index (κ2) is 8.21. The van der Waals surface area contributed by atoms with E-state index in [0.29, 0.717) is 30.2 Å². The molecule has 1 saturated heterocycles. The van der Waals surface area contributed by atoms with Crippen LogP contribution in [0, 0.1) is 5.82 Å². The standard InChI is InChI=1S/C18H20FN3O6S/c1-28-18(25)21-10-8-20(9-11-21)12-13-6-7-22(17(24)16(13)23)29(26,27)15-4-2-14(19)3-5-15/h2-7,23H,8-12H2,1H3. The van der Waals surface area contributed by atoms with Gasteiger partial charge in [-0.3, -0.25) is 9.69 Å². The van der Waals surface area contributed by atoms with Gasteiger partial charge in [-0.1, -0.05) is 0 Å². The number of methoxy groups -OCH3 is 1. The van der Waals surface area contributed by atoms with Crippen LogP contribution < -0.4 is 5.56 Å². The first kappa shape index (κ1) is 20.8. The number of amides is 1. The molecule has 1 amide bonds. The van der Waals surface area contributed by atoms with E-state index >= 15 is 0 Å². The van der Waals surface area contributed by atoms with Crippen molar-refractivity contribution in [3.05, 3.63) is 58.3 Å². The molecular weight excluding hydrogens is 405 g/mol. The molecule has 1 fully saturated rings. The fourth-order valence-electron chi connectivity index (χ4n) is 3.04. The molecule has 11 heteroatoms. The number of aromatic nitrogens is 1. The van der Waals surface area contributed by atoms with Crippen LogP contribution in [0.2, 0.25) is 0 Å². The second-order valence-corrected chi connectivity index (χ2v) is 8.30. The monoisotopic (exact) mass is 425 g/mol. The first-order chi connectivity index (χ1) is 13.7. The van der Waals surface area contributed by atoms with E-state index in [1.165, 1.54) is 13.2 Å². The SMILES string of the molecule is COC(=O)N1CCN(Cc2ccn(S(=O)(=O)c3ccc(F)cc3)c(=O)c2O)CC1. The summed E-state index contributed by atoms with van der Waals surface area (Å²) in [6, 6.07) is 5.39.